The van der Waals surface area contributed by atoms with E-state index in [4.69, 9.17) is 20.9 Å². The van der Waals surface area contributed by atoms with E-state index in [1.165, 1.54) is 6.42 Å². The van der Waals surface area contributed by atoms with Gasteiger partial charge in [0, 0.05) is 17.6 Å². The molecular formula is C14H20BClN2O2. The summed E-state index contributed by atoms with van der Waals surface area (Å²) in [5, 5.41) is 0.445. The minimum absolute atomic E-state index is 0.381. The van der Waals surface area contributed by atoms with Crippen LogP contribution in [0.2, 0.25) is 5.15 Å². The molecule has 4 nitrogen and oxygen atoms in total. The molecule has 0 radical (unpaired) electrons. The number of nitrogens with zero attached hydrogens (tertiary/aromatic N) is 2. The van der Waals surface area contributed by atoms with E-state index in [1.54, 1.807) is 6.20 Å². The number of hydrogen-bond acceptors (Lipinski definition) is 4. The van der Waals surface area contributed by atoms with Crippen LogP contribution in [0.25, 0.3) is 0 Å². The molecule has 2 fully saturated rings. The second-order valence-corrected chi connectivity index (χ2v) is 7.05. The van der Waals surface area contributed by atoms with Gasteiger partial charge in [-0.1, -0.05) is 18.0 Å². The molecule has 0 N–H and O–H groups in total. The minimum Gasteiger partial charge on any atom is -0.399 e. The summed E-state index contributed by atoms with van der Waals surface area (Å²) in [5.74, 6) is 1.32. The molecule has 6 heteroatoms. The van der Waals surface area contributed by atoms with Crippen LogP contribution >= 0.6 is 11.6 Å². The van der Waals surface area contributed by atoms with Crippen LogP contribution in [0, 0.1) is 0 Å². The minimum atomic E-state index is -0.497. The molecule has 0 atom stereocenters. The zero-order valence-electron chi connectivity index (χ0n) is 12.4. The van der Waals surface area contributed by atoms with E-state index in [-0.39, 0.29) is 11.2 Å². The fourth-order valence-corrected chi connectivity index (χ4v) is 2.60. The number of hydrogen-bond donors (Lipinski definition) is 0. The van der Waals surface area contributed by atoms with E-state index in [0.29, 0.717) is 16.5 Å². The highest BCUT2D eigenvalue weighted by Crippen LogP contribution is 2.37. The van der Waals surface area contributed by atoms with Crippen molar-refractivity contribution in [3.63, 3.8) is 0 Å². The summed E-state index contributed by atoms with van der Waals surface area (Å²) in [6.45, 7) is 8.07. The summed E-state index contributed by atoms with van der Waals surface area (Å²) in [6, 6.07) is 0. The molecule has 3 rings (SSSR count). The molecule has 0 unspecified atom stereocenters. The van der Waals surface area contributed by atoms with E-state index in [0.717, 1.165) is 18.7 Å². The summed E-state index contributed by atoms with van der Waals surface area (Å²) in [7, 11) is -0.497. The van der Waals surface area contributed by atoms with Gasteiger partial charge in [-0.2, -0.15) is 0 Å². The Hall–Kier alpha value is -0.645. The lowest BCUT2D eigenvalue weighted by Crippen LogP contribution is -2.41. The van der Waals surface area contributed by atoms with E-state index in [1.807, 2.05) is 27.7 Å². The molecule has 2 aliphatic rings. The first-order chi connectivity index (χ1) is 9.30. The van der Waals surface area contributed by atoms with Gasteiger partial charge >= 0.3 is 7.12 Å². The predicted octanol–water partition coefficient (Wildman–Crippen LogP) is 2.70. The molecular weight excluding hydrogens is 274 g/mol. The van der Waals surface area contributed by atoms with E-state index in [9.17, 15) is 0 Å². The van der Waals surface area contributed by atoms with Gasteiger partial charge in [0.15, 0.2) is 0 Å². The topological polar surface area (TPSA) is 44.2 Å². The van der Waals surface area contributed by atoms with Crippen molar-refractivity contribution >= 4 is 24.2 Å². The first-order valence-electron chi connectivity index (χ1n) is 7.18. The maximum absolute atomic E-state index is 6.31. The largest absolute Gasteiger partial charge is 0.499 e. The highest BCUT2D eigenvalue weighted by atomic mass is 35.5. The second-order valence-electron chi connectivity index (χ2n) is 6.69. The Morgan fingerprint density at radius 1 is 1.20 bits per heavy atom. The van der Waals surface area contributed by atoms with Gasteiger partial charge in [-0.05, 0) is 40.5 Å². The fraction of sp³-hybridized carbons (Fsp3) is 0.714. The Labute approximate surface area is 125 Å². The number of halogens is 1. The molecule has 1 aromatic rings. The Balaban J connectivity index is 1.85. The van der Waals surface area contributed by atoms with Gasteiger partial charge in [0.2, 0.25) is 0 Å². The summed E-state index contributed by atoms with van der Waals surface area (Å²) in [4.78, 5) is 8.88. The lowest BCUT2D eigenvalue weighted by atomic mass is 9.80. The van der Waals surface area contributed by atoms with Crippen molar-refractivity contribution in [2.24, 2.45) is 0 Å². The van der Waals surface area contributed by atoms with Gasteiger partial charge in [0.05, 0.1) is 11.2 Å². The van der Waals surface area contributed by atoms with Crippen molar-refractivity contribution in [3.8, 4) is 0 Å². The highest BCUT2D eigenvalue weighted by Gasteiger charge is 2.52. The summed E-state index contributed by atoms with van der Waals surface area (Å²) < 4.78 is 12.0. The molecule has 0 aromatic carbocycles. The standard InChI is InChI=1S/C14H20BClN2O2/c1-13(2)14(3,4)20-15(19-13)10-8-17-12(18-11(10)16)9-6-5-7-9/h8-9H,5-7H2,1-4H3. The third-order valence-electron chi connectivity index (χ3n) is 4.76. The average molecular weight is 295 g/mol. The third-order valence-corrected chi connectivity index (χ3v) is 5.07. The SMILES string of the molecule is CC1(C)OB(c2cnc(C3CCC3)nc2Cl)OC1(C)C. The van der Waals surface area contributed by atoms with Crippen LogP contribution in [-0.4, -0.2) is 28.3 Å². The molecule has 1 aliphatic carbocycles. The summed E-state index contributed by atoms with van der Waals surface area (Å²) in [6.07, 6.45) is 5.33. The van der Waals surface area contributed by atoms with Crippen LogP contribution in [0.1, 0.15) is 58.7 Å². The fourth-order valence-electron chi connectivity index (χ4n) is 2.37. The zero-order valence-corrected chi connectivity index (χ0v) is 13.2. The maximum atomic E-state index is 6.31. The van der Waals surface area contributed by atoms with Gasteiger partial charge < -0.3 is 9.31 Å². The molecule has 0 bridgehead atoms. The first kappa shape index (κ1) is 14.3. The molecule has 20 heavy (non-hydrogen) atoms. The number of aromatic nitrogens is 2. The quantitative estimate of drug-likeness (QED) is 0.621. The molecule has 108 valence electrons. The van der Waals surface area contributed by atoms with Crippen molar-refractivity contribution in [1.82, 2.24) is 9.97 Å². The predicted molar refractivity (Wildman–Crippen MR) is 79.4 cm³/mol. The Bertz CT molecular complexity index is 516. The summed E-state index contributed by atoms with van der Waals surface area (Å²) >= 11 is 6.31. The normalized spacial score (nSPS) is 24.8. The van der Waals surface area contributed by atoms with E-state index >= 15 is 0 Å². The Kier molecular flexibility index (Phi) is 3.35. The van der Waals surface area contributed by atoms with Crippen LogP contribution in [0.3, 0.4) is 0 Å². The molecule has 1 saturated carbocycles. The maximum Gasteiger partial charge on any atom is 0.499 e. The van der Waals surface area contributed by atoms with Gasteiger partial charge in [0.25, 0.3) is 0 Å². The van der Waals surface area contributed by atoms with Gasteiger partial charge in [-0.15, -0.1) is 0 Å². The lowest BCUT2D eigenvalue weighted by molar-refractivity contribution is 0.00578. The molecule has 1 aliphatic heterocycles. The first-order valence-corrected chi connectivity index (χ1v) is 7.56. The zero-order chi connectivity index (χ0) is 14.5. The summed E-state index contributed by atoms with van der Waals surface area (Å²) in [5.41, 5.74) is -0.0465. The van der Waals surface area contributed by atoms with Crippen LogP contribution in [0.15, 0.2) is 6.20 Å². The van der Waals surface area contributed by atoms with Crippen LogP contribution in [-0.2, 0) is 9.31 Å². The molecule has 0 spiro atoms. The Morgan fingerprint density at radius 3 is 2.25 bits per heavy atom. The van der Waals surface area contributed by atoms with E-state index < -0.39 is 7.12 Å². The van der Waals surface area contributed by atoms with Crippen molar-refractivity contribution in [2.75, 3.05) is 0 Å². The van der Waals surface area contributed by atoms with Crippen molar-refractivity contribution in [3.05, 3.63) is 17.2 Å². The third kappa shape index (κ3) is 2.26. The second kappa shape index (κ2) is 4.68. The van der Waals surface area contributed by atoms with Crippen LogP contribution in [0.4, 0.5) is 0 Å². The van der Waals surface area contributed by atoms with Crippen molar-refractivity contribution in [2.45, 2.75) is 64.1 Å². The van der Waals surface area contributed by atoms with Crippen LogP contribution in [0.5, 0.6) is 0 Å². The van der Waals surface area contributed by atoms with E-state index in [2.05, 4.69) is 9.97 Å². The van der Waals surface area contributed by atoms with Crippen molar-refractivity contribution in [1.29, 1.82) is 0 Å². The lowest BCUT2D eigenvalue weighted by Gasteiger charge is -2.32. The van der Waals surface area contributed by atoms with Crippen molar-refractivity contribution < 1.29 is 9.31 Å². The smallest absolute Gasteiger partial charge is 0.399 e. The van der Waals surface area contributed by atoms with Crippen LogP contribution < -0.4 is 5.46 Å². The van der Waals surface area contributed by atoms with Gasteiger partial charge in [-0.3, -0.25) is 0 Å². The Morgan fingerprint density at radius 2 is 1.80 bits per heavy atom. The molecule has 2 heterocycles. The number of rotatable bonds is 2. The average Bonchev–Trinajstić information content (AvgIpc) is 2.45. The highest BCUT2D eigenvalue weighted by molar-refractivity contribution is 6.65. The van der Waals surface area contributed by atoms with Gasteiger partial charge in [-0.25, -0.2) is 9.97 Å². The molecule has 1 aromatic heterocycles. The monoisotopic (exact) mass is 294 g/mol. The molecule has 1 saturated heterocycles. The molecule has 0 amide bonds. The van der Waals surface area contributed by atoms with Gasteiger partial charge in [0.1, 0.15) is 11.0 Å².